The Hall–Kier alpha value is -5.52. The van der Waals surface area contributed by atoms with Gasteiger partial charge in [-0.25, -0.2) is 14.6 Å². The number of nitrogens with zero attached hydrogens (tertiary/aromatic N) is 7. The second-order valence-electron chi connectivity index (χ2n) is 8.81. The Bertz CT molecular complexity index is 1800. The first kappa shape index (κ1) is 23.9. The maximum absolute atomic E-state index is 12.8. The van der Waals surface area contributed by atoms with Crippen LogP contribution in [0.15, 0.2) is 77.7 Å². The molecule has 0 fully saturated rings. The first-order valence-corrected chi connectivity index (χ1v) is 12.0. The summed E-state index contributed by atoms with van der Waals surface area (Å²) in [6.45, 7) is 2.33. The van der Waals surface area contributed by atoms with Gasteiger partial charge in [0, 0.05) is 42.2 Å². The van der Waals surface area contributed by atoms with E-state index in [1.165, 1.54) is 0 Å². The number of rotatable bonds is 7. The lowest BCUT2D eigenvalue weighted by atomic mass is 10.2. The van der Waals surface area contributed by atoms with Crippen LogP contribution in [0.1, 0.15) is 21.6 Å². The van der Waals surface area contributed by atoms with Gasteiger partial charge >= 0.3 is 0 Å². The Kier molecular flexibility index (Phi) is 5.96. The lowest BCUT2D eigenvalue weighted by Gasteiger charge is -2.10. The van der Waals surface area contributed by atoms with Gasteiger partial charge in [-0.2, -0.15) is 5.10 Å². The maximum Gasteiger partial charge on any atom is 0.251 e. The molecule has 0 unspecified atom stereocenters. The summed E-state index contributed by atoms with van der Waals surface area (Å²) in [4.78, 5) is 21.9. The zero-order chi connectivity index (χ0) is 26.9. The summed E-state index contributed by atoms with van der Waals surface area (Å²) < 4.78 is 14.5. The number of anilines is 1. The number of ether oxygens (including phenoxy) is 1. The Balaban J connectivity index is 1.30. The number of amides is 1. The van der Waals surface area contributed by atoms with Crippen molar-refractivity contribution in [2.24, 2.45) is 7.05 Å². The number of hydrogen-bond acceptors (Lipinski definition) is 9. The molecule has 4 aromatic heterocycles. The van der Waals surface area contributed by atoms with Gasteiger partial charge in [0.05, 0.1) is 17.9 Å². The van der Waals surface area contributed by atoms with E-state index in [-0.39, 0.29) is 11.7 Å². The van der Waals surface area contributed by atoms with Crippen LogP contribution in [0.3, 0.4) is 0 Å². The molecule has 194 valence electrons. The smallest absolute Gasteiger partial charge is 0.251 e. The monoisotopic (exact) mass is 521 g/mol. The van der Waals surface area contributed by atoms with E-state index in [2.05, 4.69) is 30.7 Å². The Labute approximate surface area is 222 Å². The third-order valence-corrected chi connectivity index (χ3v) is 6.35. The van der Waals surface area contributed by atoms with Crippen molar-refractivity contribution >= 4 is 22.8 Å². The number of nitrogens with one attached hydrogen (secondary N) is 1. The minimum atomic E-state index is -0.224. The molecule has 2 aromatic carbocycles. The van der Waals surface area contributed by atoms with Crippen molar-refractivity contribution in [3.63, 3.8) is 0 Å². The highest BCUT2D eigenvalue weighted by atomic mass is 16.6. The van der Waals surface area contributed by atoms with Crippen LogP contribution in [-0.2, 0) is 13.6 Å². The Morgan fingerprint density at radius 3 is 2.67 bits per heavy atom. The van der Waals surface area contributed by atoms with Crippen molar-refractivity contribution in [3.05, 3.63) is 89.9 Å². The van der Waals surface area contributed by atoms with Crippen molar-refractivity contribution in [1.29, 1.82) is 0 Å². The van der Waals surface area contributed by atoms with Crippen molar-refractivity contribution < 1.29 is 14.2 Å². The first-order chi connectivity index (χ1) is 19.0. The number of carbonyl (C=O) groups is 1. The molecule has 6 aromatic rings. The number of aromatic nitrogens is 7. The fourth-order valence-corrected chi connectivity index (χ4v) is 4.18. The molecule has 0 radical (unpaired) electrons. The normalized spacial score (nSPS) is 11.1. The lowest BCUT2D eigenvalue weighted by molar-refractivity contribution is 0.0950. The molecule has 0 saturated heterocycles. The summed E-state index contributed by atoms with van der Waals surface area (Å²) >= 11 is 0. The molecule has 0 aliphatic rings. The van der Waals surface area contributed by atoms with E-state index in [9.17, 15) is 4.79 Å². The van der Waals surface area contributed by atoms with Crippen LogP contribution in [0.5, 0.6) is 11.6 Å². The molecule has 12 nitrogen and oxygen atoms in total. The highest BCUT2D eigenvalue weighted by Gasteiger charge is 2.21. The second kappa shape index (κ2) is 9.74. The second-order valence-corrected chi connectivity index (χ2v) is 8.81. The van der Waals surface area contributed by atoms with Gasteiger partial charge in [-0.05, 0) is 47.6 Å². The number of nitrogen functional groups attached to an aromatic ring is 1. The van der Waals surface area contributed by atoms with Gasteiger partial charge in [-0.1, -0.05) is 24.3 Å². The SMILES string of the molecule is Cc1c(CNC(=O)c2cccc(Oc3cc4c(cn3)nc(-c3nonc3N)n4-c3ccccc3)c2)cnn1C. The minimum Gasteiger partial charge on any atom is -0.439 e. The van der Waals surface area contributed by atoms with Crippen molar-refractivity contribution in [2.45, 2.75) is 13.5 Å². The molecule has 39 heavy (non-hydrogen) atoms. The molecule has 12 heteroatoms. The van der Waals surface area contributed by atoms with Crippen molar-refractivity contribution in [1.82, 2.24) is 39.9 Å². The minimum absolute atomic E-state index is 0.126. The molecule has 1 amide bonds. The Morgan fingerprint density at radius 2 is 1.92 bits per heavy atom. The molecule has 0 aliphatic heterocycles. The van der Waals surface area contributed by atoms with Gasteiger partial charge in [-0.15, -0.1) is 0 Å². The Morgan fingerprint density at radius 1 is 1.08 bits per heavy atom. The topological polar surface area (TPSA) is 152 Å². The van der Waals surface area contributed by atoms with Crippen LogP contribution < -0.4 is 15.8 Å². The number of para-hydroxylation sites is 1. The summed E-state index contributed by atoms with van der Waals surface area (Å²) in [5, 5.41) is 14.8. The number of nitrogens with two attached hydrogens (primary N) is 1. The van der Waals surface area contributed by atoms with E-state index >= 15 is 0 Å². The third-order valence-electron chi connectivity index (χ3n) is 6.35. The molecular weight excluding hydrogens is 498 g/mol. The molecule has 0 spiro atoms. The molecule has 0 bridgehead atoms. The number of aryl methyl sites for hydroxylation is 1. The standard InChI is InChI=1S/C27H23N9O3/c1-16-18(14-31-35(16)2)13-30-27(37)17-7-6-10-20(11-17)38-23-12-22-21(15-29-23)32-26(24-25(28)34-39-33-24)36(22)19-8-4-3-5-9-19/h3-12,14-15H,13H2,1-2H3,(H2,28,34)(H,30,37). The maximum atomic E-state index is 12.8. The summed E-state index contributed by atoms with van der Waals surface area (Å²) in [5.74, 6) is 1.14. The molecule has 0 atom stereocenters. The third kappa shape index (κ3) is 4.55. The van der Waals surface area contributed by atoms with Crippen LogP contribution in [0.2, 0.25) is 0 Å². The molecule has 6 rings (SSSR count). The summed E-state index contributed by atoms with van der Waals surface area (Å²) in [6.07, 6.45) is 3.35. The van der Waals surface area contributed by atoms with Crippen LogP contribution >= 0.6 is 0 Å². The average molecular weight is 522 g/mol. The van der Waals surface area contributed by atoms with Gasteiger partial charge in [0.1, 0.15) is 11.3 Å². The molecule has 0 saturated carbocycles. The zero-order valence-electron chi connectivity index (χ0n) is 21.1. The van der Waals surface area contributed by atoms with E-state index in [0.29, 0.717) is 46.3 Å². The van der Waals surface area contributed by atoms with Gasteiger partial charge in [0.2, 0.25) is 5.88 Å². The number of hydrogen-bond donors (Lipinski definition) is 2. The van der Waals surface area contributed by atoms with E-state index in [0.717, 1.165) is 16.9 Å². The molecule has 3 N–H and O–H groups in total. The zero-order valence-corrected chi connectivity index (χ0v) is 21.1. The highest BCUT2D eigenvalue weighted by Crippen LogP contribution is 2.32. The van der Waals surface area contributed by atoms with Gasteiger partial charge in [0.15, 0.2) is 17.3 Å². The van der Waals surface area contributed by atoms with E-state index in [1.807, 2.05) is 48.9 Å². The fourth-order valence-electron chi connectivity index (χ4n) is 4.18. The van der Waals surface area contributed by atoms with Gasteiger partial charge in [0.25, 0.3) is 5.91 Å². The van der Waals surface area contributed by atoms with Crippen LogP contribution in [0, 0.1) is 6.92 Å². The molecule has 0 aliphatic carbocycles. The van der Waals surface area contributed by atoms with E-state index in [1.54, 1.807) is 47.4 Å². The lowest BCUT2D eigenvalue weighted by Crippen LogP contribution is -2.23. The van der Waals surface area contributed by atoms with Crippen LogP contribution in [0.25, 0.3) is 28.2 Å². The van der Waals surface area contributed by atoms with E-state index in [4.69, 9.17) is 15.1 Å². The number of benzene rings is 2. The van der Waals surface area contributed by atoms with Crippen LogP contribution in [-0.4, -0.2) is 40.5 Å². The number of carbonyl (C=O) groups excluding carboxylic acids is 1. The fraction of sp³-hybridized carbons (Fsp3) is 0.111. The predicted octanol–water partition coefficient (Wildman–Crippen LogP) is 3.82. The average Bonchev–Trinajstić information content (AvgIpc) is 3.64. The van der Waals surface area contributed by atoms with Crippen molar-refractivity contribution in [2.75, 3.05) is 5.73 Å². The molecular formula is C27H23N9O3. The molecule has 4 heterocycles. The van der Waals surface area contributed by atoms with Crippen molar-refractivity contribution in [3.8, 4) is 28.8 Å². The quantitative estimate of drug-likeness (QED) is 0.319. The number of pyridine rings is 1. The van der Waals surface area contributed by atoms with E-state index < -0.39 is 0 Å². The summed E-state index contributed by atoms with van der Waals surface area (Å²) in [7, 11) is 1.86. The van der Waals surface area contributed by atoms with Gasteiger partial charge < -0.3 is 15.8 Å². The van der Waals surface area contributed by atoms with Crippen LogP contribution in [0.4, 0.5) is 5.82 Å². The highest BCUT2D eigenvalue weighted by molar-refractivity contribution is 5.94. The number of imidazole rings is 1. The predicted molar refractivity (Wildman–Crippen MR) is 142 cm³/mol. The number of fused-ring (bicyclic) bond motifs is 1. The first-order valence-electron chi connectivity index (χ1n) is 12.0. The largest absolute Gasteiger partial charge is 0.439 e. The summed E-state index contributed by atoms with van der Waals surface area (Å²) in [5.41, 5.74) is 10.8. The summed E-state index contributed by atoms with van der Waals surface area (Å²) in [6, 6.07) is 18.3. The van der Waals surface area contributed by atoms with Gasteiger partial charge in [-0.3, -0.25) is 14.0 Å².